The van der Waals surface area contributed by atoms with E-state index >= 15 is 0 Å². The third kappa shape index (κ3) is 5.78. The van der Waals surface area contributed by atoms with Gasteiger partial charge in [-0.2, -0.15) is 0 Å². The average Bonchev–Trinajstić information content (AvgIpc) is 3.27. The molecule has 0 aliphatic carbocycles. The van der Waals surface area contributed by atoms with Crippen LogP contribution in [0, 0.1) is 0 Å². The molecule has 0 amide bonds. The summed E-state index contributed by atoms with van der Waals surface area (Å²) in [5, 5.41) is 5.09. The second-order valence-corrected chi connectivity index (χ2v) is 9.73. The van der Waals surface area contributed by atoms with Crippen LogP contribution in [0.5, 0.6) is 0 Å². The first-order valence-corrected chi connectivity index (χ1v) is 12.3. The molecular formula is C27H23NO3S2. The molecule has 0 radical (unpaired) electrons. The quantitative estimate of drug-likeness (QED) is 0.116. The number of thiophene rings is 1. The summed E-state index contributed by atoms with van der Waals surface area (Å²) in [6.45, 7) is 3.40. The standard InChI is InChI=1S/C27H23NO3S2/c1-3-6-24(28-31-18(2)29)19-9-13-22(14-10-19)32-23-15-11-20(12-16-23)27(30)26-17-21-7-4-5-8-25(21)33-26/h4-5,7-17H,3,6H2,1-2H3/b28-24+. The Balaban J connectivity index is 1.44. The highest BCUT2D eigenvalue weighted by atomic mass is 32.2. The number of rotatable bonds is 8. The zero-order valence-electron chi connectivity index (χ0n) is 18.4. The van der Waals surface area contributed by atoms with Gasteiger partial charge in [0.2, 0.25) is 5.78 Å². The van der Waals surface area contributed by atoms with E-state index in [1.165, 1.54) is 18.3 Å². The number of ketones is 1. The molecule has 0 aliphatic heterocycles. The SMILES string of the molecule is CCC/C(=N\OC(C)=O)c1ccc(Sc2ccc(C(=O)c3cc4ccccc4s3)cc2)cc1. The average molecular weight is 474 g/mol. The maximum absolute atomic E-state index is 12.9. The van der Waals surface area contributed by atoms with Gasteiger partial charge in [0.05, 0.1) is 10.6 Å². The van der Waals surface area contributed by atoms with Crippen LogP contribution in [0.25, 0.3) is 10.1 Å². The molecule has 0 fully saturated rings. The highest BCUT2D eigenvalue weighted by molar-refractivity contribution is 7.99. The fourth-order valence-electron chi connectivity index (χ4n) is 3.36. The molecule has 0 atom stereocenters. The van der Waals surface area contributed by atoms with Gasteiger partial charge in [-0.15, -0.1) is 11.3 Å². The molecule has 4 nitrogen and oxygen atoms in total. The normalized spacial score (nSPS) is 11.5. The third-order valence-electron chi connectivity index (χ3n) is 4.96. The lowest BCUT2D eigenvalue weighted by Gasteiger charge is -2.07. The first-order chi connectivity index (χ1) is 16.0. The van der Waals surface area contributed by atoms with Crippen molar-refractivity contribution in [3.63, 3.8) is 0 Å². The van der Waals surface area contributed by atoms with Crippen molar-refractivity contribution < 1.29 is 14.4 Å². The summed E-state index contributed by atoms with van der Waals surface area (Å²) >= 11 is 3.15. The highest BCUT2D eigenvalue weighted by Gasteiger charge is 2.13. The van der Waals surface area contributed by atoms with Crippen LogP contribution in [-0.4, -0.2) is 17.5 Å². The Morgan fingerprint density at radius 3 is 2.15 bits per heavy atom. The van der Waals surface area contributed by atoms with Gasteiger partial charge >= 0.3 is 5.97 Å². The van der Waals surface area contributed by atoms with E-state index in [4.69, 9.17) is 4.84 Å². The summed E-state index contributed by atoms with van der Waals surface area (Å²) in [7, 11) is 0. The van der Waals surface area contributed by atoms with Crippen LogP contribution in [0.1, 0.15) is 47.5 Å². The van der Waals surface area contributed by atoms with Crippen molar-refractivity contribution in [1.29, 1.82) is 0 Å². The largest absolute Gasteiger partial charge is 0.331 e. The van der Waals surface area contributed by atoms with Crippen molar-refractivity contribution in [3.8, 4) is 0 Å². The Morgan fingerprint density at radius 1 is 0.909 bits per heavy atom. The lowest BCUT2D eigenvalue weighted by molar-refractivity contribution is -0.140. The fraction of sp³-hybridized carbons (Fsp3) is 0.148. The molecule has 0 spiro atoms. The predicted octanol–water partition coefficient (Wildman–Crippen LogP) is 7.35. The minimum atomic E-state index is -0.426. The van der Waals surface area contributed by atoms with Crippen LogP contribution < -0.4 is 0 Å². The molecule has 3 aromatic carbocycles. The number of hydrogen-bond donors (Lipinski definition) is 0. The lowest BCUT2D eigenvalue weighted by atomic mass is 10.1. The summed E-state index contributed by atoms with van der Waals surface area (Å²) < 4.78 is 1.12. The van der Waals surface area contributed by atoms with E-state index in [1.54, 1.807) is 11.8 Å². The van der Waals surface area contributed by atoms with Gasteiger partial charge < -0.3 is 4.84 Å². The van der Waals surface area contributed by atoms with E-state index < -0.39 is 5.97 Å². The van der Waals surface area contributed by atoms with Crippen LogP contribution in [0.3, 0.4) is 0 Å². The van der Waals surface area contributed by atoms with Crippen molar-refractivity contribution in [2.75, 3.05) is 0 Å². The zero-order valence-corrected chi connectivity index (χ0v) is 20.0. The Hall–Kier alpha value is -3.22. The molecule has 0 aliphatic rings. The number of benzene rings is 3. The number of carbonyl (C=O) groups is 2. The van der Waals surface area contributed by atoms with Crippen LogP contribution in [0.15, 0.2) is 93.8 Å². The Kier molecular flexibility index (Phi) is 7.37. The molecular weight excluding hydrogens is 450 g/mol. The van der Waals surface area contributed by atoms with E-state index in [-0.39, 0.29) is 5.78 Å². The van der Waals surface area contributed by atoms with Crippen molar-refractivity contribution in [2.45, 2.75) is 36.5 Å². The minimum Gasteiger partial charge on any atom is -0.318 e. The van der Waals surface area contributed by atoms with Crippen LogP contribution >= 0.6 is 23.1 Å². The van der Waals surface area contributed by atoms with E-state index in [0.29, 0.717) is 5.56 Å². The van der Waals surface area contributed by atoms with Gasteiger partial charge in [-0.05, 0) is 65.9 Å². The third-order valence-corrected chi connectivity index (χ3v) is 7.09. The maximum atomic E-state index is 12.9. The first-order valence-electron chi connectivity index (χ1n) is 10.7. The Labute approximate surface area is 201 Å². The molecule has 6 heteroatoms. The van der Waals surface area contributed by atoms with E-state index in [1.807, 2.05) is 78.9 Å². The molecule has 0 bridgehead atoms. The second kappa shape index (κ2) is 10.6. The Morgan fingerprint density at radius 2 is 1.55 bits per heavy atom. The predicted molar refractivity (Wildman–Crippen MR) is 135 cm³/mol. The van der Waals surface area contributed by atoms with Crippen LogP contribution in [0.2, 0.25) is 0 Å². The summed E-state index contributed by atoms with van der Waals surface area (Å²) in [6, 6.07) is 25.7. The second-order valence-electron chi connectivity index (χ2n) is 7.50. The number of hydrogen-bond acceptors (Lipinski definition) is 6. The molecule has 166 valence electrons. The number of fused-ring (bicyclic) bond motifs is 1. The Bertz CT molecular complexity index is 1270. The van der Waals surface area contributed by atoms with Crippen LogP contribution in [-0.2, 0) is 9.63 Å². The fourth-order valence-corrected chi connectivity index (χ4v) is 5.20. The molecule has 0 saturated carbocycles. The summed E-state index contributed by atoms with van der Waals surface area (Å²) in [5.41, 5.74) is 2.38. The molecule has 33 heavy (non-hydrogen) atoms. The highest BCUT2D eigenvalue weighted by Crippen LogP contribution is 2.30. The lowest BCUT2D eigenvalue weighted by Crippen LogP contribution is -2.03. The van der Waals surface area contributed by atoms with E-state index in [0.717, 1.165) is 48.9 Å². The number of oxime groups is 1. The molecule has 1 heterocycles. The molecule has 0 unspecified atom stereocenters. The van der Waals surface area contributed by atoms with Gasteiger partial charge in [0.1, 0.15) is 0 Å². The topological polar surface area (TPSA) is 55.7 Å². The van der Waals surface area contributed by atoms with Gasteiger partial charge in [0.25, 0.3) is 0 Å². The van der Waals surface area contributed by atoms with Crippen molar-refractivity contribution >= 4 is 50.6 Å². The van der Waals surface area contributed by atoms with Crippen molar-refractivity contribution in [3.05, 3.63) is 94.9 Å². The molecule has 0 N–H and O–H groups in total. The molecule has 0 saturated heterocycles. The van der Waals surface area contributed by atoms with Crippen molar-refractivity contribution in [2.24, 2.45) is 5.16 Å². The van der Waals surface area contributed by atoms with Gasteiger partial charge in [-0.3, -0.25) is 4.79 Å². The summed E-state index contributed by atoms with van der Waals surface area (Å²) in [6.07, 6.45) is 1.64. The van der Waals surface area contributed by atoms with E-state index in [2.05, 4.69) is 12.1 Å². The van der Waals surface area contributed by atoms with Crippen molar-refractivity contribution in [1.82, 2.24) is 0 Å². The zero-order chi connectivity index (χ0) is 23.2. The first kappa shape index (κ1) is 23.0. The van der Waals surface area contributed by atoms with Gasteiger partial charge in [-0.25, -0.2) is 4.79 Å². The number of nitrogens with zero attached hydrogens (tertiary/aromatic N) is 1. The van der Waals surface area contributed by atoms with Gasteiger partial charge in [-0.1, -0.05) is 60.6 Å². The molecule has 4 aromatic rings. The number of carbonyl (C=O) groups excluding carboxylic acids is 2. The summed E-state index contributed by atoms with van der Waals surface area (Å²) in [4.78, 5) is 31.7. The smallest absolute Gasteiger partial charge is 0.318 e. The summed E-state index contributed by atoms with van der Waals surface area (Å²) in [5.74, 6) is -0.377. The molecule has 4 rings (SSSR count). The monoisotopic (exact) mass is 473 g/mol. The van der Waals surface area contributed by atoms with Crippen LogP contribution in [0.4, 0.5) is 0 Å². The molecule has 1 aromatic heterocycles. The maximum Gasteiger partial charge on any atom is 0.331 e. The van der Waals surface area contributed by atoms with Gasteiger partial charge in [0, 0.05) is 27.0 Å². The van der Waals surface area contributed by atoms with E-state index in [9.17, 15) is 9.59 Å². The minimum absolute atomic E-state index is 0.0487. The van der Waals surface area contributed by atoms with Gasteiger partial charge in [0.15, 0.2) is 0 Å².